The van der Waals surface area contributed by atoms with Crippen molar-refractivity contribution in [2.24, 2.45) is 0 Å². The number of aliphatic hydroxyl groups excluding tert-OH is 1. The van der Waals surface area contributed by atoms with Crippen LogP contribution < -0.4 is 15.4 Å². The minimum absolute atomic E-state index is 0.0444. The van der Waals surface area contributed by atoms with E-state index in [1.54, 1.807) is 32.5 Å². The molecule has 0 spiro atoms. The fourth-order valence-corrected chi connectivity index (χ4v) is 5.79. The highest BCUT2D eigenvalue weighted by molar-refractivity contribution is 5.96. The van der Waals surface area contributed by atoms with Crippen LogP contribution in [0.1, 0.15) is 29.3 Å². The lowest BCUT2D eigenvalue weighted by atomic mass is 10.1. The number of rotatable bonds is 7. The number of hydrogen-bond donors (Lipinski definition) is 4. The molecule has 2 aliphatic heterocycles. The van der Waals surface area contributed by atoms with Crippen LogP contribution in [0.25, 0.3) is 16.9 Å². The smallest absolute Gasteiger partial charge is 0.290 e. The van der Waals surface area contributed by atoms with E-state index in [2.05, 4.69) is 20.6 Å². The fourth-order valence-electron chi connectivity index (χ4n) is 5.79. The number of ether oxygens (including phenoxy) is 1. The number of imidazole rings is 1. The number of aromatic nitrogens is 3. The summed E-state index contributed by atoms with van der Waals surface area (Å²) in [5.74, 6) is -2.51. The molecule has 2 fully saturated rings. The van der Waals surface area contributed by atoms with E-state index in [9.17, 15) is 19.1 Å². The Balaban J connectivity index is 0.00000151. The maximum atomic E-state index is 15.1. The zero-order chi connectivity index (χ0) is 35.2. The molecule has 4 aromatic rings. The first-order valence-electron chi connectivity index (χ1n) is 15.4. The summed E-state index contributed by atoms with van der Waals surface area (Å²) in [5, 5.41) is 31.8. The zero-order valence-electron chi connectivity index (χ0n) is 26.6. The van der Waals surface area contributed by atoms with E-state index in [1.807, 2.05) is 19.1 Å². The molecule has 0 saturated carbocycles. The van der Waals surface area contributed by atoms with Crippen LogP contribution in [0.2, 0.25) is 0 Å². The van der Waals surface area contributed by atoms with Gasteiger partial charge < -0.3 is 35.4 Å². The molecule has 2 aliphatic rings. The standard InChI is InChI=1S/C32H32F2N8O4.CH2O2/c1-18-13-20(3-4-22(18)31(44)40-9-11-41(12-10-40)32(45)24-14-21(43)16-37-24)39-29-30-38-17-25(42(30)8-7-36-29)23-5-6-26(28(34)27(23)33)46-19(2)15-35;2-1-3/h3-8,13,17,19,21,24,37,43H,9-12,14,16H2,1-2H3,(H,36,39);1H,(H,2,3)/t19-,21-,24+;/m1./s1. The van der Waals surface area contributed by atoms with Crippen molar-refractivity contribution in [2.45, 2.75) is 38.5 Å². The molecule has 0 bridgehead atoms. The molecule has 2 saturated heterocycles. The average Bonchev–Trinajstić information content (AvgIpc) is 3.74. The summed E-state index contributed by atoms with van der Waals surface area (Å²) in [7, 11) is 0. The number of halogens is 2. The van der Waals surface area contributed by atoms with Crippen LogP contribution in [0.5, 0.6) is 5.75 Å². The number of nitrogens with zero attached hydrogens (tertiary/aromatic N) is 6. The van der Waals surface area contributed by atoms with Gasteiger partial charge in [0.2, 0.25) is 11.7 Å². The van der Waals surface area contributed by atoms with E-state index in [0.29, 0.717) is 61.9 Å². The van der Waals surface area contributed by atoms with Crippen molar-refractivity contribution in [3.63, 3.8) is 0 Å². The number of carbonyl (C=O) groups is 3. The van der Waals surface area contributed by atoms with Gasteiger partial charge in [-0.1, -0.05) is 0 Å². The van der Waals surface area contributed by atoms with E-state index in [0.717, 1.165) is 5.56 Å². The lowest BCUT2D eigenvalue weighted by Gasteiger charge is -2.36. The Kier molecular flexibility index (Phi) is 10.6. The Bertz CT molecular complexity index is 1910. The van der Waals surface area contributed by atoms with Crippen molar-refractivity contribution in [1.29, 1.82) is 5.26 Å². The Morgan fingerprint density at radius 3 is 2.51 bits per heavy atom. The van der Waals surface area contributed by atoms with Crippen molar-refractivity contribution in [3.8, 4) is 23.1 Å². The van der Waals surface area contributed by atoms with Gasteiger partial charge in [0, 0.05) is 61.9 Å². The summed E-state index contributed by atoms with van der Waals surface area (Å²) in [6.45, 7) is 5.09. The molecule has 2 aromatic heterocycles. The summed E-state index contributed by atoms with van der Waals surface area (Å²) in [5.41, 5.74) is 2.52. The molecule has 256 valence electrons. The number of anilines is 2. The van der Waals surface area contributed by atoms with Crippen LogP contribution in [-0.2, 0) is 9.59 Å². The summed E-state index contributed by atoms with van der Waals surface area (Å²) in [6, 6.07) is 9.36. The minimum atomic E-state index is -1.20. The van der Waals surface area contributed by atoms with Gasteiger partial charge >= 0.3 is 0 Å². The molecule has 14 nitrogen and oxygen atoms in total. The minimum Gasteiger partial charge on any atom is -0.483 e. The van der Waals surface area contributed by atoms with Crippen LogP contribution in [0, 0.1) is 29.9 Å². The SMILES string of the molecule is Cc1cc(Nc2nccn3c(-c4ccc(O[C@H](C)C#N)c(F)c4F)cnc23)ccc1C(=O)N1CCN(C(=O)[C@@H]2C[C@@H](O)CN2)CC1.O=CO. The quantitative estimate of drug-likeness (QED) is 0.211. The molecule has 0 radical (unpaired) electrons. The predicted octanol–water partition coefficient (Wildman–Crippen LogP) is 2.73. The second-order valence-electron chi connectivity index (χ2n) is 11.5. The van der Waals surface area contributed by atoms with Crippen molar-refractivity contribution in [3.05, 3.63) is 71.7 Å². The number of amides is 2. The summed E-state index contributed by atoms with van der Waals surface area (Å²) in [4.78, 5) is 46.7. The van der Waals surface area contributed by atoms with Gasteiger partial charge in [-0.2, -0.15) is 9.65 Å². The van der Waals surface area contributed by atoms with Crippen molar-refractivity contribution >= 4 is 35.4 Å². The van der Waals surface area contributed by atoms with Gasteiger partial charge in [0.05, 0.1) is 24.0 Å². The van der Waals surface area contributed by atoms with E-state index in [1.165, 1.54) is 31.5 Å². The number of fused-ring (bicyclic) bond motifs is 1. The van der Waals surface area contributed by atoms with Gasteiger partial charge in [0.1, 0.15) is 6.07 Å². The zero-order valence-corrected chi connectivity index (χ0v) is 26.6. The first-order valence-corrected chi connectivity index (χ1v) is 15.4. The Morgan fingerprint density at radius 2 is 1.86 bits per heavy atom. The third-order valence-corrected chi connectivity index (χ3v) is 8.24. The Hall–Kier alpha value is -5.66. The second kappa shape index (κ2) is 15.0. The van der Waals surface area contributed by atoms with Gasteiger partial charge in [-0.05, 0) is 56.2 Å². The van der Waals surface area contributed by atoms with Crippen LogP contribution in [0.15, 0.2) is 48.9 Å². The molecule has 0 unspecified atom stereocenters. The highest BCUT2D eigenvalue weighted by Gasteiger charge is 2.33. The number of aliphatic hydroxyl groups is 1. The third-order valence-electron chi connectivity index (χ3n) is 8.24. The van der Waals surface area contributed by atoms with Crippen molar-refractivity contribution < 1.29 is 38.1 Å². The highest BCUT2D eigenvalue weighted by Crippen LogP contribution is 2.32. The number of carboxylic acid groups (broad SMARTS) is 1. The normalized spacial score (nSPS) is 17.9. The van der Waals surface area contributed by atoms with Crippen molar-refractivity contribution in [2.75, 3.05) is 38.0 Å². The number of benzene rings is 2. The van der Waals surface area contributed by atoms with E-state index in [-0.39, 0.29) is 41.3 Å². The number of hydrogen-bond acceptors (Lipinski definition) is 10. The molecule has 2 aromatic carbocycles. The lowest BCUT2D eigenvalue weighted by Crippen LogP contribution is -2.54. The molecular weight excluding hydrogens is 642 g/mol. The fraction of sp³-hybridized carbons (Fsp3) is 0.333. The van der Waals surface area contributed by atoms with Crippen LogP contribution in [0.3, 0.4) is 0 Å². The molecule has 16 heteroatoms. The Labute approximate surface area is 279 Å². The molecule has 49 heavy (non-hydrogen) atoms. The second-order valence-corrected chi connectivity index (χ2v) is 11.5. The molecule has 3 atom stereocenters. The topological polar surface area (TPSA) is 185 Å². The van der Waals surface area contributed by atoms with Crippen LogP contribution in [-0.4, -0.2) is 104 Å². The Morgan fingerprint density at radius 1 is 1.14 bits per heavy atom. The van der Waals surface area contributed by atoms with Crippen LogP contribution >= 0.6 is 0 Å². The lowest BCUT2D eigenvalue weighted by molar-refractivity contribution is -0.134. The highest BCUT2D eigenvalue weighted by atomic mass is 19.2. The van der Waals surface area contributed by atoms with Gasteiger partial charge in [-0.25, -0.2) is 14.4 Å². The molecule has 6 rings (SSSR count). The van der Waals surface area contributed by atoms with Gasteiger partial charge in [0.15, 0.2) is 29.1 Å². The van der Waals surface area contributed by atoms with E-state index >= 15 is 4.39 Å². The molecule has 2 amide bonds. The summed E-state index contributed by atoms with van der Waals surface area (Å²) >= 11 is 0. The monoisotopic (exact) mass is 676 g/mol. The summed E-state index contributed by atoms with van der Waals surface area (Å²) in [6.07, 6.45) is 3.42. The average molecular weight is 677 g/mol. The number of β-amino-alcohol motifs (C(OH)–C–C–N with tert-alkyl or cyclic N) is 1. The predicted molar refractivity (Wildman–Crippen MR) is 172 cm³/mol. The van der Waals surface area contributed by atoms with Crippen molar-refractivity contribution in [1.82, 2.24) is 29.5 Å². The molecular formula is C33H34F2N8O6. The molecule has 4 heterocycles. The molecule has 0 aliphatic carbocycles. The third kappa shape index (κ3) is 7.42. The number of nitrogens with one attached hydrogen (secondary N) is 2. The largest absolute Gasteiger partial charge is 0.483 e. The first kappa shape index (κ1) is 34.7. The van der Waals surface area contributed by atoms with E-state index < -0.39 is 23.8 Å². The van der Waals surface area contributed by atoms with Gasteiger partial charge in [-0.3, -0.25) is 18.8 Å². The number of piperazine rings is 1. The number of carbonyl (C=O) groups excluding carboxylic acids is 2. The number of nitriles is 1. The van der Waals surface area contributed by atoms with E-state index in [4.69, 9.17) is 19.9 Å². The van der Waals surface area contributed by atoms with Crippen LogP contribution in [0.4, 0.5) is 20.3 Å². The van der Waals surface area contributed by atoms with Gasteiger partial charge in [0.25, 0.3) is 12.4 Å². The number of aryl methyl sites for hydroxylation is 1. The maximum absolute atomic E-state index is 15.1. The van der Waals surface area contributed by atoms with Gasteiger partial charge in [-0.15, -0.1) is 0 Å². The summed E-state index contributed by atoms with van der Waals surface area (Å²) < 4.78 is 36.6. The maximum Gasteiger partial charge on any atom is 0.290 e. The molecule has 4 N–H and O–H groups in total. The first-order chi connectivity index (χ1) is 23.6.